The van der Waals surface area contributed by atoms with Crippen LogP contribution in [0.3, 0.4) is 0 Å². The van der Waals surface area contributed by atoms with Crippen molar-refractivity contribution in [2.75, 3.05) is 7.05 Å². The highest BCUT2D eigenvalue weighted by Gasteiger charge is 2.22. The predicted molar refractivity (Wildman–Crippen MR) is 80.8 cm³/mol. The SMILES string of the molecule is CNC(c1scc(C)c1Cl)c1c(C)cc(F)cc1C. The van der Waals surface area contributed by atoms with E-state index in [0.29, 0.717) is 0 Å². The molecule has 2 aromatic rings. The smallest absolute Gasteiger partial charge is 0.123 e. The standard InChI is InChI=1S/C15H17ClFNS/c1-8-5-11(17)6-9(2)12(8)14(18-4)15-13(16)10(3)7-19-15/h5-7,14,18H,1-4H3. The Labute approximate surface area is 122 Å². The van der Waals surface area contributed by atoms with Crippen LogP contribution in [0.2, 0.25) is 5.02 Å². The molecule has 1 N–H and O–H groups in total. The monoisotopic (exact) mass is 297 g/mol. The van der Waals surface area contributed by atoms with Crippen molar-refractivity contribution in [1.82, 2.24) is 5.32 Å². The number of aryl methyl sites for hydroxylation is 3. The molecule has 0 radical (unpaired) electrons. The lowest BCUT2D eigenvalue weighted by Gasteiger charge is -2.21. The number of benzene rings is 1. The molecule has 0 spiro atoms. The Hall–Kier alpha value is -0.900. The first-order valence-corrected chi connectivity index (χ1v) is 7.38. The molecule has 0 aliphatic carbocycles. The summed E-state index contributed by atoms with van der Waals surface area (Å²) >= 11 is 8.00. The molecule has 1 nitrogen and oxygen atoms in total. The third-order valence-electron chi connectivity index (χ3n) is 3.32. The molecule has 0 amide bonds. The van der Waals surface area contributed by atoms with Crippen LogP contribution in [0.1, 0.15) is 33.2 Å². The van der Waals surface area contributed by atoms with Gasteiger partial charge in [-0.15, -0.1) is 11.3 Å². The lowest BCUT2D eigenvalue weighted by atomic mass is 9.94. The van der Waals surface area contributed by atoms with Crippen LogP contribution in [0.25, 0.3) is 0 Å². The third kappa shape index (κ3) is 2.69. The molecule has 0 saturated heterocycles. The van der Waals surface area contributed by atoms with Crippen LogP contribution < -0.4 is 5.32 Å². The van der Waals surface area contributed by atoms with Gasteiger partial charge in [-0.05, 0) is 67.6 Å². The average molecular weight is 298 g/mol. The molecule has 4 heteroatoms. The second kappa shape index (κ2) is 5.61. The van der Waals surface area contributed by atoms with Crippen molar-refractivity contribution < 1.29 is 4.39 Å². The molecule has 0 saturated carbocycles. The minimum Gasteiger partial charge on any atom is -0.309 e. The Morgan fingerprint density at radius 2 is 1.74 bits per heavy atom. The third-order valence-corrected chi connectivity index (χ3v) is 5.10. The van der Waals surface area contributed by atoms with Crippen LogP contribution in [0.15, 0.2) is 17.5 Å². The molecule has 1 heterocycles. The van der Waals surface area contributed by atoms with Gasteiger partial charge in [0.1, 0.15) is 5.82 Å². The number of nitrogens with one attached hydrogen (secondary N) is 1. The van der Waals surface area contributed by atoms with Crippen molar-refractivity contribution in [3.63, 3.8) is 0 Å². The van der Waals surface area contributed by atoms with Gasteiger partial charge in [0.05, 0.1) is 11.1 Å². The van der Waals surface area contributed by atoms with E-state index in [0.717, 1.165) is 32.2 Å². The van der Waals surface area contributed by atoms with Gasteiger partial charge in [-0.25, -0.2) is 4.39 Å². The van der Waals surface area contributed by atoms with E-state index in [9.17, 15) is 4.39 Å². The molecule has 0 bridgehead atoms. The first-order chi connectivity index (χ1) is 8.95. The number of hydrogen-bond donors (Lipinski definition) is 1. The van der Waals surface area contributed by atoms with Crippen molar-refractivity contribution in [2.24, 2.45) is 0 Å². The average Bonchev–Trinajstić information content (AvgIpc) is 2.65. The van der Waals surface area contributed by atoms with Gasteiger partial charge in [0, 0.05) is 4.88 Å². The molecular weight excluding hydrogens is 281 g/mol. The molecule has 19 heavy (non-hydrogen) atoms. The fourth-order valence-corrected chi connectivity index (χ4v) is 3.85. The van der Waals surface area contributed by atoms with Crippen LogP contribution >= 0.6 is 22.9 Å². The van der Waals surface area contributed by atoms with Gasteiger partial charge >= 0.3 is 0 Å². The van der Waals surface area contributed by atoms with Gasteiger partial charge in [-0.1, -0.05) is 11.6 Å². The quantitative estimate of drug-likeness (QED) is 0.860. The second-order valence-corrected chi connectivity index (χ2v) is 6.06. The highest BCUT2D eigenvalue weighted by molar-refractivity contribution is 7.10. The summed E-state index contributed by atoms with van der Waals surface area (Å²) in [5, 5.41) is 6.14. The Morgan fingerprint density at radius 1 is 1.16 bits per heavy atom. The first-order valence-electron chi connectivity index (χ1n) is 6.13. The van der Waals surface area contributed by atoms with Crippen molar-refractivity contribution in [1.29, 1.82) is 0 Å². The van der Waals surface area contributed by atoms with Gasteiger partial charge in [-0.2, -0.15) is 0 Å². The molecule has 1 atom stereocenters. The van der Waals surface area contributed by atoms with E-state index in [1.807, 2.05) is 27.8 Å². The zero-order valence-electron chi connectivity index (χ0n) is 11.5. The summed E-state index contributed by atoms with van der Waals surface area (Å²) in [6.45, 7) is 5.87. The number of hydrogen-bond acceptors (Lipinski definition) is 2. The molecule has 1 unspecified atom stereocenters. The zero-order valence-corrected chi connectivity index (χ0v) is 13.0. The van der Waals surface area contributed by atoms with E-state index in [1.165, 1.54) is 0 Å². The topological polar surface area (TPSA) is 12.0 Å². The highest BCUT2D eigenvalue weighted by atomic mass is 35.5. The summed E-state index contributed by atoms with van der Waals surface area (Å²) in [7, 11) is 1.90. The summed E-state index contributed by atoms with van der Waals surface area (Å²) in [5.74, 6) is -0.193. The van der Waals surface area contributed by atoms with Crippen LogP contribution in [-0.2, 0) is 0 Å². The molecule has 1 aromatic heterocycles. The van der Waals surface area contributed by atoms with E-state index in [-0.39, 0.29) is 11.9 Å². The first kappa shape index (κ1) is 14.5. The van der Waals surface area contributed by atoms with Crippen LogP contribution in [0.4, 0.5) is 4.39 Å². The summed E-state index contributed by atoms with van der Waals surface area (Å²) < 4.78 is 13.4. The Morgan fingerprint density at radius 3 is 2.16 bits per heavy atom. The van der Waals surface area contributed by atoms with Gasteiger partial charge in [-0.3, -0.25) is 0 Å². The largest absolute Gasteiger partial charge is 0.309 e. The summed E-state index contributed by atoms with van der Waals surface area (Å²) in [6, 6.07) is 3.15. The molecule has 0 aliphatic heterocycles. The van der Waals surface area contributed by atoms with Crippen LogP contribution in [-0.4, -0.2) is 7.05 Å². The Bertz CT molecular complexity index is 583. The maximum absolute atomic E-state index is 13.4. The van der Waals surface area contributed by atoms with Crippen molar-refractivity contribution in [2.45, 2.75) is 26.8 Å². The van der Waals surface area contributed by atoms with E-state index >= 15 is 0 Å². The minimum atomic E-state index is -0.193. The summed E-state index contributed by atoms with van der Waals surface area (Å²) in [6.07, 6.45) is 0. The second-order valence-electron chi connectivity index (χ2n) is 4.77. The van der Waals surface area contributed by atoms with Crippen molar-refractivity contribution in [3.05, 3.63) is 55.5 Å². The molecule has 0 aliphatic rings. The van der Waals surface area contributed by atoms with Gasteiger partial charge in [0.25, 0.3) is 0 Å². The molecule has 1 aromatic carbocycles. The molecule has 0 fully saturated rings. The lowest BCUT2D eigenvalue weighted by molar-refractivity contribution is 0.619. The Balaban J connectivity index is 2.58. The maximum Gasteiger partial charge on any atom is 0.123 e. The van der Waals surface area contributed by atoms with Crippen molar-refractivity contribution in [3.8, 4) is 0 Å². The highest BCUT2D eigenvalue weighted by Crippen LogP contribution is 2.37. The number of thiophene rings is 1. The molecule has 102 valence electrons. The maximum atomic E-state index is 13.4. The van der Waals surface area contributed by atoms with Gasteiger partial charge in [0.15, 0.2) is 0 Å². The molecular formula is C15H17ClFNS. The van der Waals surface area contributed by atoms with E-state index < -0.39 is 0 Å². The normalized spacial score (nSPS) is 12.7. The van der Waals surface area contributed by atoms with E-state index in [4.69, 9.17) is 11.6 Å². The zero-order chi connectivity index (χ0) is 14.2. The van der Waals surface area contributed by atoms with E-state index in [1.54, 1.807) is 23.5 Å². The van der Waals surface area contributed by atoms with Gasteiger partial charge < -0.3 is 5.32 Å². The lowest BCUT2D eigenvalue weighted by Crippen LogP contribution is -2.19. The minimum absolute atomic E-state index is 0.00630. The summed E-state index contributed by atoms with van der Waals surface area (Å²) in [5.41, 5.74) is 4.07. The fraction of sp³-hybridized carbons (Fsp3) is 0.333. The van der Waals surface area contributed by atoms with Crippen LogP contribution in [0.5, 0.6) is 0 Å². The number of halogens is 2. The fourth-order valence-electron chi connectivity index (χ4n) is 2.43. The van der Waals surface area contributed by atoms with E-state index in [2.05, 4.69) is 10.7 Å². The number of rotatable bonds is 3. The summed E-state index contributed by atoms with van der Waals surface area (Å²) in [4.78, 5) is 1.08. The molecule has 2 rings (SSSR count). The van der Waals surface area contributed by atoms with Gasteiger partial charge in [0.2, 0.25) is 0 Å². The van der Waals surface area contributed by atoms with Crippen LogP contribution in [0, 0.1) is 26.6 Å². The van der Waals surface area contributed by atoms with Crippen molar-refractivity contribution >= 4 is 22.9 Å². The Kier molecular flexibility index (Phi) is 4.29. The predicted octanol–water partition coefficient (Wildman–Crippen LogP) is 4.77.